The van der Waals surface area contributed by atoms with Gasteiger partial charge >= 0.3 is 18.5 Å². The molecule has 0 spiro atoms. The van der Waals surface area contributed by atoms with Gasteiger partial charge in [-0.05, 0) is 144 Å². The molecule has 98 heavy (non-hydrogen) atoms. The number of Topliss-reactive ketones (excluding diaryl/α,β-unsaturated/α-hetero) is 1. The van der Waals surface area contributed by atoms with Gasteiger partial charge in [-0.25, -0.2) is 19.9 Å². The topological polar surface area (TPSA) is 343 Å². The van der Waals surface area contributed by atoms with Crippen LogP contribution in [0.4, 0.5) is 68.5 Å². The largest absolute Gasteiger partial charge is 0.416 e. The molecule has 2 saturated carbocycles. The van der Waals surface area contributed by atoms with Crippen LogP contribution in [-0.2, 0) is 39.4 Å². The number of fused-ring (bicyclic) bond motifs is 2. The van der Waals surface area contributed by atoms with Gasteiger partial charge in [0.2, 0.25) is 11.8 Å². The molecule has 514 valence electrons. The number of nitrogens with one attached hydrogen (secondary N) is 6. The molecule has 0 radical (unpaired) electrons. The number of nitrogen functional groups attached to an aromatic ring is 1. The number of hydrogen-bond donors (Lipinski definition) is 8. The summed E-state index contributed by atoms with van der Waals surface area (Å²) >= 11 is 24.0. The SMILES string of the molecule is CC(=O)c1cccc(C(F)(F)F)c1.CC1(c2cccc(C(F)(F)F)c2)NC(=O)c2c(Cl)cc(Br)c(=O)n21.CC1(c2cccc(C(F)(F)F)c2)NC(=O)c2c(Cl)cc(Nc3cc(NC(=O)C4CC4)ncn3)c(=O)n21.NC(=O)c1[nH]c(=O)c(Br)cc1Cl.Nc1cc(NC(=O)C2CC2)ncn1. The standard InChI is InChI=1S/C23H18ClF3N6O3.C15H9BrClF3N2O2.C9H7F3O.C8H10N4O.C6H4BrClN2O2/c1-22(12-3-2-4-13(7-12)23(25,26)27)32-20(35)18-14(24)8-15(21(36)33(18)22)30-16-9-17(29-10-28-16)31-19(34)11-5-6-11;1-14(7-3-2-4-8(5-7)15(18,19)20)21-12(23)11-10(17)6-9(16)13(24)22(11)14;1-6(13)7-3-2-4-8(5-7)9(10,11)12;9-6-3-7(11-4-10-6)12-8(13)5-1-2-5;7-2-1-3(8)4(5(9)11)10-6(2)12/h2-4,7-11H,5-6H2,1H3,(H,32,35)(H2,28,29,30,31,34);2-6H,1H3,(H,21,23);2-5H,1H3;3-5H,1-2H2,(H3,9,10,11,12,13);1H,(H2,9,11)(H,10,12). The maximum atomic E-state index is 13.5. The number of benzene rings is 3. The summed E-state index contributed by atoms with van der Waals surface area (Å²) in [5.74, 6) is -1.27. The maximum Gasteiger partial charge on any atom is 0.416 e. The van der Waals surface area contributed by atoms with E-state index in [1.165, 1.54) is 94.1 Å². The summed E-state index contributed by atoms with van der Waals surface area (Å²) < 4.78 is 118. The van der Waals surface area contributed by atoms with E-state index in [0.29, 0.717) is 11.6 Å². The molecule has 0 bridgehead atoms. The lowest BCUT2D eigenvalue weighted by Gasteiger charge is -2.28. The smallest absolute Gasteiger partial charge is 0.384 e. The molecule has 2 fully saturated rings. The monoisotopic (exact) mass is 1550 g/mol. The molecule has 5 amide bonds. The Hall–Kier alpha value is -9.51. The van der Waals surface area contributed by atoms with Crippen LogP contribution in [0.3, 0.4) is 0 Å². The van der Waals surface area contributed by atoms with Crippen LogP contribution in [0, 0.1) is 11.8 Å². The van der Waals surface area contributed by atoms with Crippen molar-refractivity contribution in [1.82, 2.24) is 44.7 Å². The molecule has 7 heterocycles. The number of ketones is 1. The number of nitrogens with zero attached hydrogens (tertiary/aromatic N) is 6. The maximum absolute atomic E-state index is 13.5. The Morgan fingerprint density at radius 2 is 1.00 bits per heavy atom. The number of aromatic nitrogens is 7. The van der Waals surface area contributed by atoms with Gasteiger partial charge in [-0.15, -0.1) is 0 Å². The molecular weight excluding hydrogens is 1510 g/mol. The summed E-state index contributed by atoms with van der Waals surface area (Å²) in [6.07, 6.45) is -7.45. The van der Waals surface area contributed by atoms with E-state index in [2.05, 4.69) is 83.4 Å². The second-order valence-corrected chi connectivity index (χ2v) is 24.8. The van der Waals surface area contributed by atoms with Crippen molar-refractivity contribution in [3.05, 3.63) is 221 Å². The lowest BCUT2D eigenvalue weighted by molar-refractivity contribution is -0.138. The molecule has 37 heteroatoms. The Morgan fingerprint density at radius 1 is 0.571 bits per heavy atom. The molecule has 3 aromatic carbocycles. The van der Waals surface area contributed by atoms with Crippen LogP contribution in [-0.4, -0.2) is 69.4 Å². The molecule has 10 N–H and O–H groups in total. The zero-order valence-corrected chi connectivity index (χ0v) is 55.7. The quantitative estimate of drug-likeness (QED) is 0.0466. The number of rotatable bonds is 10. The highest BCUT2D eigenvalue weighted by Gasteiger charge is 2.46. The first-order valence-electron chi connectivity index (χ1n) is 28.1. The number of carbonyl (C=O) groups is 6. The van der Waals surface area contributed by atoms with Crippen molar-refractivity contribution in [3.8, 4) is 0 Å². The van der Waals surface area contributed by atoms with Gasteiger partial charge in [0.1, 0.15) is 70.0 Å². The normalized spacial score (nSPS) is 16.6. The second-order valence-electron chi connectivity index (χ2n) is 21.9. The molecule has 23 nitrogen and oxygen atoms in total. The van der Waals surface area contributed by atoms with Crippen LogP contribution in [0.25, 0.3) is 0 Å². The number of aromatic amines is 1. The lowest BCUT2D eigenvalue weighted by atomic mass is 9.99. The van der Waals surface area contributed by atoms with Crippen LogP contribution in [0.5, 0.6) is 0 Å². The fourth-order valence-corrected chi connectivity index (χ4v) is 11.2. The fourth-order valence-electron chi connectivity index (χ4n) is 9.37. The Bertz CT molecular complexity index is 4710. The molecule has 0 saturated heterocycles. The Morgan fingerprint density at radius 3 is 1.46 bits per heavy atom. The summed E-state index contributed by atoms with van der Waals surface area (Å²) in [4.78, 5) is 124. The molecule has 4 aliphatic rings. The molecular formula is C61H48Br2Cl3F9N14O9. The third-order valence-electron chi connectivity index (χ3n) is 14.6. The van der Waals surface area contributed by atoms with Gasteiger partial charge in [-0.2, -0.15) is 39.5 Å². The first kappa shape index (κ1) is 74.3. The minimum Gasteiger partial charge on any atom is -0.384 e. The fraction of sp³-hybridized carbons (Fsp3) is 0.230. The molecule has 5 aromatic heterocycles. The van der Waals surface area contributed by atoms with Gasteiger partial charge in [0.15, 0.2) is 5.78 Å². The Balaban J connectivity index is 0.000000170. The van der Waals surface area contributed by atoms with Gasteiger partial charge in [0, 0.05) is 29.5 Å². The van der Waals surface area contributed by atoms with Gasteiger partial charge in [0.05, 0.1) is 40.7 Å². The highest BCUT2D eigenvalue weighted by molar-refractivity contribution is 9.10. The van der Waals surface area contributed by atoms with Crippen molar-refractivity contribution in [2.75, 3.05) is 21.7 Å². The molecule has 2 unspecified atom stereocenters. The van der Waals surface area contributed by atoms with E-state index < -0.39 is 80.9 Å². The third-order valence-corrected chi connectivity index (χ3v) is 16.6. The molecule has 12 rings (SSSR count). The molecule has 2 aliphatic carbocycles. The number of halogens is 14. The summed E-state index contributed by atoms with van der Waals surface area (Å²) in [5.41, 5.74) is 2.65. The first-order chi connectivity index (χ1) is 45.7. The van der Waals surface area contributed by atoms with E-state index in [0.717, 1.165) is 71.2 Å². The minimum absolute atomic E-state index is 0.0228. The third kappa shape index (κ3) is 17.4. The van der Waals surface area contributed by atoms with E-state index >= 15 is 0 Å². The zero-order valence-electron chi connectivity index (χ0n) is 50.3. The van der Waals surface area contributed by atoms with Gasteiger partial charge < -0.3 is 43.0 Å². The van der Waals surface area contributed by atoms with E-state index in [-0.39, 0.29) is 105 Å². The van der Waals surface area contributed by atoms with Crippen molar-refractivity contribution in [1.29, 1.82) is 0 Å². The van der Waals surface area contributed by atoms with Crippen molar-refractivity contribution in [3.63, 3.8) is 0 Å². The predicted octanol–water partition coefficient (Wildman–Crippen LogP) is 11.8. The number of primary amides is 1. The second kappa shape index (κ2) is 29.3. The van der Waals surface area contributed by atoms with E-state index in [9.17, 15) is 82.7 Å². The number of nitrogens with two attached hydrogens (primary N) is 2. The Labute approximate surface area is 577 Å². The van der Waals surface area contributed by atoms with E-state index in [1.54, 1.807) is 6.07 Å². The summed E-state index contributed by atoms with van der Waals surface area (Å²) in [6.45, 7) is 4.09. The molecule has 8 aromatic rings. The summed E-state index contributed by atoms with van der Waals surface area (Å²) in [6, 6.07) is 20.0. The number of amides is 5. The average molecular weight is 1560 g/mol. The lowest BCUT2D eigenvalue weighted by Crippen LogP contribution is -2.46. The number of carbonyl (C=O) groups excluding carboxylic acids is 6. The minimum atomic E-state index is -4.62. The van der Waals surface area contributed by atoms with Crippen molar-refractivity contribution in [2.45, 2.75) is 76.3 Å². The van der Waals surface area contributed by atoms with Crippen LogP contribution in [0.2, 0.25) is 15.1 Å². The predicted molar refractivity (Wildman–Crippen MR) is 347 cm³/mol. The van der Waals surface area contributed by atoms with Gasteiger partial charge in [-0.1, -0.05) is 71.2 Å². The van der Waals surface area contributed by atoms with Crippen molar-refractivity contribution < 1.29 is 68.3 Å². The van der Waals surface area contributed by atoms with Crippen LogP contribution >= 0.6 is 66.7 Å². The number of hydrogen-bond acceptors (Lipinski definition) is 15. The Kier molecular flexibility index (Phi) is 22.2. The number of H-pyrrole nitrogens is 1. The number of pyridine rings is 3. The summed E-state index contributed by atoms with van der Waals surface area (Å²) in [5, 5.41) is 13.3. The van der Waals surface area contributed by atoms with Crippen LogP contribution < -0.4 is 54.7 Å². The number of anilines is 5. The van der Waals surface area contributed by atoms with Crippen molar-refractivity contribution in [2.24, 2.45) is 17.6 Å². The highest BCUT2D eigenvalue weighted by Crippen LogP contribution is 2.40. The van der Waals surface area contributed by atoms with Gasteiger partial charge in [0.25, 0.3) is 34.4 Å². The average Bonchev–Trinajstić information content (AvgIpc) is 1.55. The first-order valence-corrected chi connectivity index (χ1v) is 30.9. The summed E-state index contributed by atoms with van der Waals surface area (Å²) in [7, 11) is 0. The van der Waals surface area contributed by atoms with Crippen LogP contribution in [0.15, 0.2) is 139 Å². The van der Waals surface area contributed by atoms with E-state index in [4.69, 9.17) is 46.3 Å². The number of alkyl halides is 9. The zero-order chi connectivity index (χ0) is 72.3. The van der Waals surface area contributed by atoms with Crippen molar-refractivity contribution >= 4 is 131 Å². The molecule has 2 atom stereocenters. The highest BCUT2D eigenvalue weighted by atomic mass is 79.9. The molecule has 2 aliphatic heterocycles. The van der Waals surface area contributed by atoms with E-state index in [1.807, 2.05) is 0 Å². The van der Waals surface area contributed by atoms with Gasteiger partial charge in [-0.3, -0.25) is 52.3 Å². The van der Waals surface area contributed by atoms with Crippen LogP contribution in [0.1, 0.15) is 116 Å².